The molecule has 8 aromatic carbocycles. The van der Waals surface area contributed by atoms with Gasteiger partial charge in [-0.3, -0.25) is 0 Å². The van der Waals surface area contributed by atoms with Crippen molar-refractivity contribution in [1.82, 2.24) is 0 Å². The van der Waals surface area contributed by atoms with E-state index in [4.69, 9.17) is 0 Å². The second kappa shape index (κ2) is 12.9. The number of anilines is 3. The van der Waals surface area contributed by atoms with E-state index in [1.54, 1.807) is 11.1 Å². The Bertz CT molecular complexity index is 2740. The molecule has 57 heavy (non-hydrogen) atoms. The molecule has 1 heteroatoms. The van der Waals surface area contributed by atoms with Gasteiger partial charge in [-0.1, -0.05) is 158 Å². The van der Waals surface area contributed by atoms with Crippen LogP contribution in [0.15, 0.2) is 188 Å². The monoisotopic (exact) mass is 731 g/mol. The smallest absolute Gasteiger partial charge is 0.0543 e. The number of rotatable bonds is 6. The Balaban J connectivity index is 0.999. The van der Waals surface area contributed by atoms with Crippen molar-refractivity contribution in [2.24, 2.45) is 23.7 Å². The highest BCUT2D eigenvalue weighted by molar-refractivity contribution is 5.98. The zero-order chi connectivity index (χ0) is 37.5. The third-order valence-corrected chi connectivity index (χ3v) is 14.5. The largest absolute Gasteiger partial charge is 0.310 e. The number of fused-ring (bicyclic) bond motifs is 4. The summed E-state index contributed by atoms with van der Waals surface area (Å²) in [5.74, 6) is 3.30. The van der Waals surface area contributed by atoms with Crippen LogP contribution in [0, 0.1) is 23.7 Å². The maximum atomic E-state index is 2.54. The van der Waals surface area contributed by atoms with Crippen LogP contribution in [-0.2, 0) is 5.41 Å². The molecular formula is C56H45N. The van der Waals surface area contributed by atoms with Crippen LogP contribution in [0.4, 0.5) is 17.1 Å². The van der Waals surface area contributed by atoms with E-state index in [0.717, 1.165) is 23.7 Å². The normalized spacial score (nSPS) is 22.5. The van der Waals surface area contributed by atoms with Gasteiger partial charge < -0.3 is 4.90 Å². The van der Waals surface area contributed by atoms with E-state index in [-0.39, 0.29) is 5.41 Å². The topological polar surface area (TPSA) is 3.24 Å². The minimum atomic E-state index is 0.120. The molecule has 0 N–H and O–H groups in total. The first kappa shape index (κ1) is 33.0. The maximum Gasteiger partial charge on any atom is 0.0543 e. The van der Waals surface area contributed by atoms with Crippen LogP contribution in [0.5, 0.6) is 0 Å². The van der Waals surface area contributed by atoms with Crippen molar-refractivity contribution in [2.75, 3.05) is 4.90 Å². The van der Waals surface area contributed by atoms with E-state index < -0.39 is 0 Å². The van der Waals surface area contributed by atoms with Crippen molar-refractivity contribution in [3.63, 3.8) is 0 Å². The molecule has 0 atom stereocenters. The fraction of sp³-hybridized carbons (Fsp3) is 0.179. The first-order valence-corrected chi connectivity index (χ1v) is 21.1. The molecule has 0 amide bonds. The second-order valence-electron chi connectivity index (χ2n) is 17.3. The minimum absolute atomic E-state index is 0.120. The molecule has 0 heterocycles. The number of benzene rings is 8. The van der Waals surface area contributed by atoms with Gasteiger partial charge in [-0.25, -0.2) is 0 Å². The van der Waals surface area contributed by atoms with Crippen molar-refractivity contribution in [1.29, 1.82) is 0 Å². The van der Waals surface area contributed by atoms with Gasteiger partial charge in [-0.2, -0.15) is 0 Å². The molecule has 0 radical (unpaired) electrons. The highest BCUT2D eigenvalue weighted by atomic mass is 15.1. The Kier molecular flexibility index (Phi) is 7.49. The van der Waals surface area contributed by atoms with Gasteiger partial charge in [0.25, 0.3) is 0 Å². The van der Waals surface area contributed by atoms with Crippen molar-refractivity contribution in [3.8, 4) is 44.5 Å². The van der Waals surface area contributed by atoms with Crippen LogP contribution in [0.25, 0.3) is 55.3 Å². The fourth-order valence-electron chi connectivity index (χ4n) is 12.4. The van der Waals surface area contributed by atoms with Gasteiger partial charge in [0.05, 0.1) is 5.69 Å². The lowest BCUT2D eigenvalue weighted by atomic mass is 9.43. The fourth-order valence-corrected chi connectivity index (χ4v) is 12.4. The molecule has 5 aliphatic rings. The Morgan fingerprint density at radius 3 is 1.54 bits per heavy atom. The Morgan fingerprint density at radius 2 is 0.860 bits per heavy atom. The van der Waals surface area contributed by atoms with E-state index in [1.807, 2.05) is 0 Å². The number of nitrogens with zero attached hydrogens (tertiary/aromatic N) is 1. The van der Waals surface area contributed by atoms with Crippen LogP contribution in [0.2, 0.25) is 0 Å². The Morgan fingerprint density at radius 1 is 0.368 bits per heavy atom. The highest BCUT2D eigenvalue weighted by Crippen LogP contribution is 2.70. The number of hydrogen-bond acceptors (Lipinski definition) is 1. The molecule has 1 spiro atoms. The third-order valence-electron chi connectivity index (χ3n) is 14.5. The minimum Gasteiger partial charge on any atom is -0.310 e. The van der Waals surface area contributed by atoms with Crippen molar-refractivity contribution in [3.05, 3.63) is 199 Å². The van der Waals surface area contributed by atoms with Gasteiger partial charge in [-0.05, 0) is 147 Å². The second-order valence-corrected chi connectivity index (χ2v) is 17.3. The van der Waals surface area contributed by atoms with Crippen LogP contribution >= 0.6 is 0 Å². The summed E-state index contributed by atoms with van der Waals surface area (Å²) >= 11 is 0. The predicted octanol–water partition coefficient (Wildman–Crippen LogP) is 15.0. The summed E-state index contributed by atoms with van der Waals surface area (Å²) in [5.41, 5.74) is 17.3. The molecule has 4 saturated carbocycles. The first-order valence-electron chi connectivity index (χ1n) is 21.1. The lowest BCUT2D eigenvalue weighted by molar-refractivity contribution is -0.0399. The van der Waals surface area contributed by atoms with Gasteiger partial charge in [0.2, 0.25) is 0 Å². The molecule has 0 aromatic heterocycles. The third kappa shape index (κ3) is 5.08. The molecule has 4 bridgehead atoms. The Labute approximate surface area is 336 Å². The number of hydrogen-bond donors (Lipinski definition) is 0. The summed E-state index contributed by atoms with van der Waals surface area (Å²) in [7, 11) is 0. The molecule has 1 nitrogen and oxygen atoms in total. The quantitative estimate of drug-likeness (QED) is 0.165. The van der Waals surface area contributed by atoms with Gasteiger partial charge in [0, 0.05) is 22.4 Å². The average molecular weight is 732 g/mol. The van der Waals surface area contributed by atoms with Gasteiger partial charge in [0.15, 0.2) is 0 Å². The maximum absolute atomic E-state index is 2.54. The molecule has 0 aliphatic heterocycles. The molecule has 5 aliphatic carbocycles. The molecule has 0 saturated heterocycles. The van der Waals surface area contributed by atoms with Crippen LogP contribution in [-0.4, -0.2) is 0 Å². The van der Waals surface area contributed by atoms with Crippen LogP contribution in [0.1, 0.15) is 43.2 Å². The molecule has 274 valence electrons. The van der Waals surface area contributed by atoms with E-state index in [9.17, 15) is 0 Å². The van der Waals surface area contributed by atoms with Crippen molar-refractivity contribution >= 4 is 27.8 Å². The van der Waals surface area contributed by atoms with E-state index in [1.165, 1.54) is 104 Å². The summed E-state index contributed by atoms with van der Waals surface area (Å²) in [6.07, 6.45) is 7.01. The zero-order valence-electron chi connectivity index (χ0n) is 32.2. The molecule has 13 rings (SSSR count). The predicted molar refractivity (Wildman–Crippen MR) is 238 cm³/mol. The first-order chi connectivity index (χ1) is 28.2. The van der Waals surface area contributed by atoms with Gasteiger partial charge >= 0.3 is 0 Å². The lowest BCUT2D eigenvalue weighted by Crippen LogP contribution is -2.55. The van der Waals surface area contributed by atoms with Gasteiger partial charge in [0.1, 0.15) is 0 Å². The van der Waals surface area contributed by atoms with Crippen LogP contribution in [0.3, 0.4) is 0 Å². The standard InChI is InChI=1S/C56H45N/c1-2-10-39(11-3-1)40-20-22-41(23-21-40)42-24-28-47(29-25-42)57(48-30-26-44(27-31-48)50-16-8-13-43-12-4-5-14-49(43)50)54-19-9-18-53-55(54)51-15-6-7-17-52(51)56(53)45-33-37-32-38(35-45)36-46(56)34-37/h1-31,37-38,45-46H,32-36H2. The van der Waals surface area contributed by atoms with Crippen molar-refractivity contribution in [2.45, 2.75) is 37.5 Å². The van der Waals surface area contributed by atoms with Gasteiger partial charge in [-0.15, -0.1) is 0 Å². The summed E-state index contributed by atoms with van der Waals surface area (Å²) in [4.78, 5) is 2.54. The molecule has 0 unspecified atom stereocenters. The molecular weight excluding hydrogens is 687 g/mol. The summed E-state index contributed by atoms with van der Waals surface area (Å²) in [6, 6.07) is 70.4. The lowest BCUT2D eigenvalue weighted by Gasteiger charge is -2.61. The highest BCUT2D eigenvalue weighted by Gasteiger charge is 2.61. The average Bonchev–Trinajstić information content (AvgIpc) is 3.57. The van der Waals surface area contributed by atoms with E-state index >= 15 is 0 Å². The SMILES string of the molecule is c1ccc(-c2ccc(-c3ccc(N(c4ccc(-c5cccc6ccccc56)cc4)c4cccc5c4-c4ccccc4C54C5CC6CC(C5)CC4C6)cc3)cc2)cc1. The Hall–Kier alpha value is -6.18. The summed E-state index contributed by atoms with van der Waals surface area (Å²) in [6.45, 7) is 0. The molecule has 4 fully saturated rings. The zero-order valence-corrected chi connectivity index (χ0v) is 32.2. The summed E-state index contributed by atoms with van der Waals surface area (Å²) < 4.78 is 0. The van der Waals surface area contributed by atoms with Crippen LogP contribution < -0.4 is 4.90 Å². The van der Waals surface area contributed by atoms with E-state index in [2.05, 4.69) is 193 Å². The van der Waals surface area contributed by atoms with E-state index in [0.29, 0.717) is 0 Å². The molecule has 8 aromatic rings. The van der Waals surface area contributed by atoms with Crippen molar-refractivity contribution < 1.29 is 0 Å². The summed E-state index contributed by atoms with van der Waals surface area (Å²) in [5, 5.41) is 2.56.